The summed E-state index contributed by atoms with van der Waals surface area (Å²) in [7, 11) is 1.26. The lowest BCUT2D eigenvalue weighted by molar-refractivity contribution is -0.129. The van der Waals surface area contributed by atoms with Gasteiger partial charge in [0.05, 0.1) is 0 Å². The van der Waals surface area contributed by atoms with Crippen LogP contribution < -0.4 is 11.1 Å². The van der Waals surface area contributed by atoms with Crippen molar-refractivity contribution in [2.24, 2.45) is 5.73 Å². The number of methoxy groups -OCH3 is 1. The molecule has 0 aromatic carbocycles. The van der Waals surface area contributed by atoms with Gasteiger partial charge in [0.1, 0.15) is 5.60 Å². The van der Waals surface area contributed by atoms with Gasteiger partial charge in [0.25, 0.3) is 5.91 Å². The Kier molecular flexibility index (Phi) is 4.36. The molecule has 1 unspecified atom stereocenters. The standard InChI is InChI=1S/C8H16N2O4/c1-8(2,3)14-7(12)10-6(13-4)5(9)11/h6H,1-4H3,(H2,9,11)(H,10,12). The molecule has 3 N–H and O–H groups in total. The molecule has 0 bridgehead atoms. The van der Waals surface area contributed by atoms with Crippen LogP contribution in [-0.2, 0) is 14.3 Å². The van der Waals surface area contributed by atoms with Crippen LogP contribution in [-0.4, -0.2) is 30.9 Å². The van der Waals surface area contributed by atoms with Crippen molar-refractivity contribution in [3.8, 4) is 0 Å². The largest absolute Gasteiger partial charge is 0.444 e. The Morgan fingerprint density at radius 1 is 1.36 bits per heavy atom. The highest BCUT2D eigenvalue weighted by Crippen LogP contribution is 2.06. The molecular weight excluding hydrogens is 188 g/mol. The van der Waals surface area contributed by atoms with E-state index in [4.69, 9.17) is 10.5 Å². The Morgan fingerprint density at radius 3 is 2.14 bits per heavy atom. The number of primary amides is 1. The van der Waals surface area contributed by atoms with E-state index in [2.05, 4.69) is 10.1 Å². The van der Waals surface area contributed by atoms with Gasteiger partial charge in [-0.15, -0.1) is 0 Å². The summed E-state index contributed by atoms with van der Waals surface area (Å²) < 4.78 is 9.49. The van der Waals surface area contributed by atoms with E-state index < -0.39 is 23.8 Å². The first-order chi connectivity index (χ1) is 6.26. The van der Waals surface area contributed by atoms with Crippen LogP contribution in [0.5, 0.6) is 0 Å². The SMILES string of the molecule is COC(NC(=O)OC(C)(C)C)C(N)=O. The van der Waals surface area contributed by atoms with Crippen molar-refractivity contribution in [2.45, 2.75) is 32.6 Å². The molecule has 0 aromatic rings. The van der Waals surface area contributed by atoms with E-state index in [1.165, 1.54) is 7.11 Å². The summed E-state index contributed by atoms with van der Waals surface area (Å²) in [6.07, 6.45) is -1.91. The second kappa shape index (κ2) is 4.80. The van der Waals surface area contributed by atoms with Gasteiger partial charge in [0.2, 0.25) is 6.23 Å². The molecule has 0 aliphatic carbocycles. The first-order valence-corrected chi connectivity index (χ1v) is 4.08. The summed E-state index contributed by atoms with van der Waals surface area (Å²) >= 11 is 0. The van der Waals surface area contributed by atoms with Crippen molar-refractivity contribution >= 4 is 12.0 Å². The third-order valence-electron chi connectivity index (χ3n) is 1.14. The highest BCUT2D eigenvalue weighted by molar-refractivity contribution is 5.82. The summed E-state index contributed by atoms with van der Waals surface area (Å²) in [5.74, 6) is -0.779. The molecular formula is C8H16N2O4. The molecule has 0 aliphatic heterocycles. The quantitative estimate of drug-likeness (QED) is 0.631. The molecule has 82 valence electrons. The lowest BCUT2D eigenvalue weighted by Gasteiger charge is -2.21. The summed E-state index contributed by atoms with van der Waals surface area (Å²) in [5.41, 5.74) is 4.30. The molecule has 14 heavy (non-hydrogen) atoms. The first-order valence-electron chi connectivity index (χ1n) is 4.08. The van der Waals surface area contributed by atoms with E-state index in [1.54, 1.807) is 20.8 Å². The first kappa shape index (κ1) is 12.7. The Morgan fingerprint density at radius 2 is 1.86 bits per heavy atom. The molecule has 0 saturated carbocycles. The molecule has 0 spiro atoms. The average Bonchev–Trinajstić information content (AvgIpc) is 1.96. The van der Waals surface area contributed by atoms with Gasteiger partial charge < -0.3 is 15.2 Å². The average molecular weight is 204 g/mol. The van der Waals surface area contributed by atoms with E-state index in [0.717, 1.165) is 0 Å². The molecule has 2 amide bonds. The Hall–Kier alpha value is -1.30. The summed E-state index contributed by atoms with van der Waals surface area (Å²) in [6, 6.07) is 0. The van der Waals surface area contributed by atoms with Gasteiger partial charge in [-0.3, -0.25) is 10.1 Å². The highest BCUT2D eigenvalue weighted by Gasteiger charge is 2.21. The summed E-state index contributed by atoms with van der Waals surface area (Å²) in [4.78, 5) is 21.8. The van der Waals surface area contributed by atoms with E-state index in [1.807, 2.05) is 0 Å². The molecule has 0 saturated heterocycles. The maximum atomic E-state index is 11.1. The van der Waals surface area contributed by atoms with Crippen molar-refractivity contribution in [3.05, 3.63) is 0 Å². The fraction of sp³-hybridized carbons (Fsp3) is 0.750. The van der Waals surface area contributed by atoms with Gasteiger partial charge in [-0.25, -0.2) is 4.79 Å². The number of ether oxygens (including phenoxy) is 2. The number of amides is 2. The second-order valence-corrected chi connectivity index (χ2v) is 3.66. The maximum Gasteiger partial charge on any atom is 0.410 e. The number of nitrogens with two attached hydrogens (primary N) is 1. The predicted molar refractivity (Wildman–Crippen MR) is 49.4 cm³/mol. The molecule has 1 atom stereocenters. The summed E-state index contributed by atoms with van der Waals surface area (Å²) in [6.45, 7) is 5.12. The molecule has 0 heterocycles. The Labute approximate surface area is 82.7 Å². The molecule has 6 heteroatoms. The molecule has 0 aromatic heterocycles. The second-order valence-electron chi connectivity index (χ2n) is 3.66. The van der Waals surface area contributed by atoms with Crippen molar-refractivity contribution in [1.82, 2.24) is 5.32 Å². The van der Waals surface area contributed by atoms with Gasteiger partial charge in [-0.05, 0) is 20.8 Å². The maximum absolute atomic E-state index is 11.1. The van der Waals surface area contributed by atoms with Crippen LogP contribution in [0.4, 0.5) is 4.79 Å². The zero-order valence-corrected chi connectivity index (χ0v) is 8.79. The third-order valence-corrected chi connectivity index (χ3v) is 1.14. The van der Waals surface area contributed by atoms with Crippen molar-refractivity contribution in [3.63, 3.8) is 0 Å². The monoisotopic (exact) mass is 204 g/mol. The molecule has 0 rings (SSSR count). The van der Waals surface area contributed by atoms with Crippen LogP contribution >= 0.6 is 0 Å². The lowest BCUT2D eigenvalue weighted by Crippen LogP contribution is -2.47. The van der Waals surface area contributed by atoms with Crippen LogP contribution in [0.3, 0.4) is 0 Å². The van der Waals surface area contributed by atoms with E-state index in [9.17, 15) is 9.59 Å². The van der Waals surface area contributed by atoms with Crippen LogP contribution in [0, 0.1) is 0 Å². The zero-order valence-electron chi connectivity index (χ0n) is 8.79. The summed E-state index contributed by atoms with van der Waals surface area (Å²) in [5, 5.41) is 2.16. The van der Waals surface area contributed by atoms with Crippen molar-refractivity contribution in [1.29, 1.82) is 0 Å². The Balaban J connectivity index is 4.11. The van der Waals surface area contributed by atoms with Gasteiger partial charge >= 0.3 is 6.09 Å². The van der Waals surface area contributed by atoms with Crippen molar-refractivity contribution < 1.29 is 19.1 Å². The minimum atomic E-state index is -1.16. The minimum absolute atomic E-state index is 0.625. The van der Waals surface area contributed by atoms with Crippen LogP contribution in [0.15, 0.2) is 0 Å². The third kappa shape index (κ3) is 5.36. The van der Waals surface area contributed by atoms with Crippen molar-refractivity contribution in [2.75, 3.05) is 7.11 Å². The predicted octanol–water partition coefficient (Wildman–Crippen LogP) is -0.0311. The fourth-order valence-electron chi connectivity index (χ4n) is 0.661. The van der Waals surface area contributed by atoms with Gasteiger partial charge in [-0.1, -0.05) is 0 Å². The smallest absolute Gasteiger partial charge is 0.410 e. The van der Waals surface area contributed by atoms with Crippen LogP contribution in [0.2, 0.25) is 0 Å². The number of hydrogen-bond acceptors (Lipinski definition) is 4. The number of hydrogen-bond donors (Lipinski definition) is 2. The number of carbonyl (C=O) groups is 2. The van der Waals surface area contributed by atoms with E-state index in [-0.39, 0.29) is 0 Å². The van der Waals surface area contributed by atoms with Gasteiger partial charge in [-0.2, -0.15) is 0 Å². The number of nitrogens with one attached hydrogen (secondary N) is 1. The molecule has 0 fully saturated rings. The van der Waals surface area contributed by atoms with Crippen LogP contribution in [0.25, 0.3) is 0 Å². The fourth-order valence-corrected chi connectivity index (χ4v) is 0.661. The Bertz CT molecular complexity index is 222. The van der Waals surface area contributed by atoms with Gasteiger partial charge in [0, 0.05) is 7.11 Å². The minimum Gasteiger partial charge on any atom is -0.444 e. The molecule has 6 nitrogen and oxygen atoms in total. The number of rotatable bonds is 3. The highest BCUT2D eigenvalue weighted by atomic mass is 16.6. The zero-order chi connectivity index (χ0) is 11.4. The van der Waals surface area contributed by atoms with E-state index >= 15 is 0 Å². The molecule has 0 aliphatic rings. The van der Waals surface area contributed by atoms with E-state index in [0.29, 0.717) is 0 Å². The number of carbonyl (C=O) groups excluding carboxylic acids is 2. The topological polar surface area (TPSA) is 90.7 Å². The van der Waals surface area contributed by atoms with Crippen LogP contribution in [0.1, 0.15) is 20.8 Å². The normalized spacial score (nSPS) is 13.1. The number of alkyl carbamates (subject to hydrolysis) is 1. The lowest BCUT2D eigenvalue weighted by atomic mass is 10.2. The molecule has 0 radical (unpaired) electrons. The van der Waals surface area contributed by atoms with Gasteiger partial charge in [0.15, 0.2) is 0 Å².